The number of imide groups is 1. The van der Waals surface area contributed by atoms with E-state index >= 15 is 0 Å². The van der Waals surface area contributed by atoms with Crippen LogP contribution < -0.4 is 15.4 Å². The van der Waals surface area contributed by atoms with Gasteiger partial charge in [0.15, 0.2) is 0 Å². The standard InChI is InChI=1S/C22H27N5O4/c1-26-14-12-23-19(26)18(15-5-7-16(31-2)8-6-15)24-17(28)9-13-27-20(29)22(25-21(27)30)10-3-4-11-22/h5-8,12,14,18H,3-4,9-11,13H2,1-2H3,(H,24,28)(H,25,30). The highest BCUT2D eigenvalue weighted by atomic mass is 16.5. The molecule has 4 amide bonds. The molecule has 9 heteroatoms. The average Bonchev–Trinajstić information content (AvgIpc) is 3.46. The van der Waals surface area contributed by atoms with Gasteiger partial charge in [-0.2, -0.15) is 0 Å². The number of nitrogens with zero attached hydrogens (tertiary/aromatic N) is 3. The molecule has 164 valence electrons. The van der Waals surface area contributed by atoms with Gasteiger partial charge in [0.2, 0.25) is 5.91 Å². The Morgan fingerprint density at radius 1 is 1.26 bits per heavy atom. The lowest BCUT2D eigenvalue weighted by molar-refractivity contribution is -0.131. The zero-order valence-electron chi connectivity index (χ0n) is 17.8. The Bertz CT molecular complexity index is 978. The Balaban J connectivity index is 1.45. The van der Waals surface area contributed by atoms with Crippen molar-refractivity contribution < 1.29 is 19.1 Å². The average molecular weight is 425 g/mol. The van der Waals surface area contributed by atoms with Crippen molar-refractivity contribution in [1.82, 2.24) is 25.1 Å². The van der Waals surface area contributed by atoms with E-state index < -0.39 is 17.6 Å². The highest BCUT2D eigenvalue weighted by molar-refractivity contribution is 6.07. The van der Waals surface area contributed by atoms with Crippen LogP contribution in [0.5, 0.6) is 5.75 Å². The number of rotatable bonds is 7. The molecule has 1 aromatic carbocycles. The van der Waals surface area contributed by atoms with E-state index in [0.717, 1.165) is 18.4 Å². The molecule has 1 spiro atoms. The van der Waals surface area contributed by atoms with Crippen LogP contribution in [0, 0.1) is 0 Å². The first-order valence-electron chi connectivity index (χ1n) is 10.5. The normalized spacial score (nSPS) is 18.3. The van der Waals surface area contributed by atoms with Gasteiger partial charge in [-0.25, -0.2) is 9.78 Å². The van der Waals surface area contributed by atoms with Gasteiger partial charge in [-0.05, 0) is 30.5 Å². The van der Waals surface area contributed by atoms with E-state index in [1.54, 1.807) is 13.3 Å². The molecule has 1 aliphatic carbocycles. The number of ether oxygens (including phenoxy) is 1. The minimum Gasteiger partial charge on any atom is -0.497 e. The topological polar surface area (TPSA) is 106 Å². The number of carbonyl (C=O) groups excluding carboxylic acids is 3. The molecule has 2 heterocycles. The molecular formula is C22H27N5O4. The zero-order chi connectivity index (χ0) is 22.0. The van der Waals surface area contributed by atoms with Crippen LogP contribution in [0.4, 0.5) is 4.79 Å². The van der Waals surface area contributed by atoms with E-state index in [-0.39, 0.29) is 24.8 Å². The third-order valence-corrected chi connectivity index (χ3v) is 6.14. The maximum absolute atomic E-state index is 12.8. The predicted molar refractivity (Wildman–Crippen MR) is 112 cm³/mol. The number of urea groups is 1. The Morgan fingerprint density at radius 2 is 1.97 bits per heavy atom. The van der Waals surface area contributed by atoms with Gasteiger partial charge in [0, 0.05) is 32.4 Å². The molecular weight excluding hydrogens is 398 g/mol. The molecule has 1 aliphatic heterocycles. The second-order valence-corrected chi connectivity index (χ2v) is 8.10. The van der Waals surface area contributed by atoms with Gasteiger partial charge in [-0.15, -0.1) is 0 Å². The van der Waals surface area contributed by atoms with Gasteiger partial charge in [0.25, 0.3) is 5.91 Å². The Hall–Kier alpha value is -3.36. The van der Waals surface area contributed by atoms with Gasteiger partial charge < -0.3 is 19.9 Å². The summed E-state index contributed by atoms with van der Waals surface area (Å²) in [4.78, 5) is 43.5. The van der Waals surface area contributed by atoms with Crippen molar-refractivity contribution >= 4 is 17.8 Å². The first-order valence-corrected chi connectivity index (χ1v) is 10.5. The van der Waals surface area contributed by atoms with Crippen molar-refractivity contribution in [3.8, 4) is 5.75 Å². The molecule has 31 heavy (non-hydrogen) atoms. The van der Waals surface area contributed by atoms with Gasteiger partial charge in [-0.3, -0.25) is 14.5 Å². The van der Waals surface area contributed by atoms with E-state index in [2.05, 4.69) is 15.6 Å². The number of aryl methyl sites for hydroxylation is 1. The Morgan fingerprint density at radius 3 is 2.58 bits per heavy atom. The summed E-state index contributed by atoms with van der Waals surface area (Å²) in [5.74, 6) is 0.918. The molecule has 1 aromatic heterocycles. The number of hydrogen-bond acceptors (Lipinski definition) is 5. The molecule has 2 aliphatic rings. The second-order valence-electron chi connectivity index (χ2n) is 8.10. The van der Waals surface area contributed by atoms with E-state index in [1.807, 2.05) is 42.1 Å². The first-order chi connectivity index (χ1) is 14.9. The van der Waals surface area contributed by atoms with Gasteiger partial charge in [0.05, 0.1) is 7.11 Å². The van der Waals surface area contributed by atoms with E-state index in [1.165, 1.54) is 4.90 Å². The monoisotopic (exact) mass is 425 g/mol. The lowest BCUT2D eigenvalue weighted by Gasteiger charge is -2.21. The minimum absolute atomic E-state index is 0.0202. The second kappa shape index (κ2) is 8.41. The highest BCUT2D eigenvalue weighted by Crippen LogP contribution is 2.35. The smallest absolute Gasteiger partial charge is 0.325 e. The van der Waals surface area contributed by atoms with Crippen molar-refractivity contribution in [2.24, 2.45) is 7.05 Å². The van der Waals surface area contributed by atoms with Gasteiger partial charge in [0.1, 0.15) is 23.2 Å². The summed E-state index contributed by atoms with van der Waals surface area (Å²) < 4.78 is 7.06. The van der Waals surface area contributed by atoms with Gasteiger partial charge >= 0.3 is 6.03 Å². The van der Waals surface area contributed by atoms with Crippen molar-refractivity contribution in [1.29, 1.82) is 0 Å². The summed E-state index contributed by atoms with van der Waals surface area (Å²) in [6.07, 6.45) is 6.68. The molecule has 2 aromatic rings. The van der Waals surface area contributed by atoms with Gasteiger partial charge in [-0.1, -0.05) is 25.0 Å². The molecule has 2 fully saturated rings. The number of amides is 4. The lowest BCUT2D eigenvalue weighted by atomic mass is 9.98. The maximum atomic E-state index is 12.8. The number of aromatic nitrogens is 2. The van der Waals surface area contributed by atoms with Crippen LogP contribution in [-0.4, -0.2) is 51.5 Å². The molecule has 0 bridgehead atoms. The molecule has 9 nitrogen and oxygen atoms in total. The number of imidazole rings is 1. The number of nitrogens with one attached hydrogen (secondary N) is 2. The third kappa shape index (κ3) is 3.99. The number of hydrogen-bond donors (Lipinski definition) is 2. The van der Waals surface area contributed by atoms with Crippen molar-refractivity contribution in [2.45, 2.75) is 43.7 Å². The number of benzene rings is 1. The maximum Gasteiger partial charge on any atom is 0.325 e. The quantitative estimate of drug-likeness (QED) is 0.659. The third-order valence-electron chi connectivity index (χ3n) is 6.14. The SMILES string of the molecule is COc1ccc(C(NC(=O)CCN2C(=O)NC3(CCCC3)C2=O)c2nccn2C)cc1. The fourth-order valence-corrected chi connectivity index (χ4v) is 4.39. The molecule has 0 radical (unpaired) electrons. The van der Waals surface area contributed by atoms with Crippen LogP contribution in [0.3, 0.4) is 0 Å². The molecule has 2 N–H and O–H groups in total. The summed E-state index contributed by atoms with van der Waals surface area (Å²) in [6, 6.07) is 6.52. The van der Waals surface area contributed by atoms with Crippen LogP contribution >= 0.6 is 0 Å². The number of carbonyl (C=O) groups is 3. The van der Waals surface area contributed by atoms with E-state index in [0.29, 0.717) is 24.4 Å². The summed E-state index contributed by atoms with van der Waals surface area (Å²) in [5.41, 5.74) is 0.0925. The van der Waals surface area contributed by atoms with Crippen LogP contribution in [0.2, 0.25) is 0 Å². The van der Waals surface area contributed by atoms with Crippen molar-refractivity contribution in [2.75, 3.05) is 13.7 Å². The summed E-state index contributed by atoms with van der Waals surface area (Å²) >= 11 is 0. The summed E-state index contributed by atoms with van der Waals surface area (Å²) in [7, 11) is 3.46. The molecule has 4 rings (SSSR count). The fourth-order valence-electron chi connectivity index (χ4n) is 4.39. The zero-order valence-corrected chi connectivity index (χ0v) is 17.8. The molecule has 1 unspecified atom stereocenters. The largest absolute Gasteiger partial charge is 0.497 e. The van der Waals surface area contributed by atoms with Crippen LogP contribution in [-0.2, 0) is 16.6 Å². The highest BCUT2D eigenvalue weighted by Gasteiger charge is 2.52. The fraction of sp³-hybridized carbons (Fsp3) is 0.455. The van der Waals surface area contributed by atoms with Crippen LogP contribution in [0.25, 0.3) is 0 Å². The molecule has 1 saturated heterocycles. The molecule has 1 atom stereocenters. The van der Waals surface area contributed by atoms with Crippen molar-refractivity contribution in [3.05, 3.63) is 48.0 Å². The predicted octanol–water partition coefficient (Wildman–Crippen LogP) is 1.89. The Kier molecular flexibility index (Phi) is 5.67. The molecule has 1 saturated carbocycles. The minimum atomic E-state index is -0.758. The Labute approximate surface area is 180 Å². The summed E-state index contributed by atoms with van der Waals surface area (Å²) in [5, 5.41) is 5.84. The van der Waals surface area contributed by atoms with E-state index in [4.69, 9.17) is 4.74 Å². The first kappa shape index (κ1) is 20.9. The summed E-state index contributed by atoms with van der Waals surface area (Å²) in [6.45, 7) is 0.0498. The number of methoxy groups -OCH3 is 1. The van der Waals surface area contributed by atoms with Crippen LogP contribution in [0.1, 0.15) is 49.5 Å². The van der Waals surface area contributed by atoms with Crippen LogP contribution in [0.15, 0.2) is 36.7 Å². The van der Waals surface area contributed by atoms with Crippen molar-refractivity contribution in [3.63, 3.8) is 0 Å². The lowest BCUT2D eigenvalue weighted by Crippen LogP contribution is -2.44. The van der Waals surface area contributed by atoms with E-state index in [9.17, 15) is 14.4 Å².